The summed E-state index contributed by atoms with van der Waals surface area (Å²) in [5.41, 5.74) is 7.31. The molecular weight excluding hydrogens is 295 g/mol. The zero-order valence-electron chi connectivity index (χ0n) is 11.3. The Bertz CT molecular complexity index is 677. The molecule has 0 aliphatic rings. The lowest BCUT2D eigenvalue weighted by atomic mass is 10.1. The molecule has 0 heterocycles. The molecule has 21 heavy (non-hydrogen) atoms. The van der Waals surface area contributed by atoms with Crippen LogP contribution in [0.3, 0.4) is 0 Å². The van der Waals surface area contributed by atoms with E-state index in [1.54, 1.807) is 18.2 Å². The lowest BCUT2D eigenvalue weighted by molar-refractivity contribution is 0.0950. The first kappa shape index (κ1) is 15.1. The van der Waals surface area contributed by atoms with Crippen molar-refractivity contribution < 1.29 is 13.9 Å². The summed E-state index contributed by atoms with van der Waals surface area (Å²) in [6.07, 6.45) is 0. The van der Waals surface area contributed by atoms with Crippen molar-refractivity contribution in [3.63, 3.8) is 0 Å². The fraction of sp³-hybridized carbons (Fsp3) is 0.133. The molecule has 2 aromatic rings. The molecule has 6 heteroatoms. The van der Waals surface area contributed by atoms with E-state index in [0.29, 0.717) is 11.4 Å². The van der Waals surface area contributed by atoms with Crippen LogP contribution in [0.1, 0.15) is 15.9 Å². The number of rotatable bonds is 4. The molecule has 0 saturated heterocycles. The van der Waals surface area contributed by atoms with E-state index in [9.17, 15) is 9.18 Å². The van der Waals surface area contributed by atoms with E-state index in [4.69, 9.17) is 22.1 Å². The number of ether oxygens (including phenoxy) is 1. The van der Waals surface area contributed by atoms with E-state index in [1.165, 1.54) is 19.2 Å². The summed E-state index contributed by atoms with van der Waals surface area (Å²) in [5, 5.41) is 2.61. The third-order valence-electron chi connectivity index (χ3n) is 2.93. The molecule has 0 spiro atoms. The number of nitrogen functional groups attached to an aromatic ring is 1. The lowest BCUT2D eigenvalue weighted by Crippen LogP contribution is -2.23. The SMILES string of the molecule is COc1ccc(N)cc1CNC(=O)c1ccc(F)c(Cl)c1. The standard InChI is InChI=1S/C15H14ClFN2O2/c1-21-14-5-3-11(18)6-10(14)8-19-15(20)9-2-4-13(17)12(16)7-9/h2-7H,8,18H2,1H3,(H,19,20). The van der Waals surface area contributed by atoms with E-state index in [-0.39, 0.29) is 23.0 Å². The molecule has 4 nitrogen and oxygen atoms in total. The number of carbonyl (C=O) groups excluding carboxylic acids is 1. The highest BCUT2D eigenvalue weighted by Gasteiger charge is 2.10. The van der Waals surface area contributed by atoms with Crippen LogP contribution in [0.5, 0.6) is 5.75 Å². The second kappa shape index (κ2) is 6.45. The van der Waals surface area contributed by atoms with Gasteiger partial charge in [-0.1, -0.05) is 11.6 Å². The minimum Gasteiger partial charge on any atom is -0.496 e. The van der Waals surface area contributed by atoms with Crippen molar-refractivity contribution in [2.75, 3.05) is 12.8 Å². The summed E-state index contributed by atoms with van der Waals surface area (Å²) in [7, 11) is 1.54. The Labute approximate surface area is 126 Å². The van der Waals surface area contributed by atoms with E-state index >= 15 is 0 Å². The van der Waals surface area contributed by atoms with Gasteiger partial charge in [-0.15, -0.1) is 0 Å². The van der Waals surface area contributed by atoms with Gasteiger partial charge in [0.1, 0.15) is 11.6 Å². The highest BCUT2D eigenvalue weighted by atomic mass is 35.5. The van der Waals surface area contributed by atoms with Gasteiger partial charge in [0.2, 0.25) is 0 Å². The highest BCUT2D eigenvalue weighted by molar-refractivity contribution is 6.31. The summed E-state index contributed by atoms with van der Waals surface area (Å²) in [6, 6.07) is 8.96. The molecule has 1 amide bonds. The molecule has 0 atom stereocenters. The van der Waals surface area contributed by atoms with Gasteiger partial charge in [0.05, 0.1) is 12.1 Å². The van der Waals surface area contributed by atoms with Crippen molar-refractivity contribution in [2.45, 2.75) is 6.54 Å². The van der Waals surface area contributed by atoms with Gasteiger partial charge in [-0.25, -0.2) is 4.39 Å². The number of hydrogen-bond donors (Lipinski definition) is 2. The van der Waals surface area contributed by atoms with E-state index in [2.05, 4.69) is 5.32 Å². The Hall–Kier alpha value is -2.27. The van der Waals surface area contributed by atoms with Crippen molar-refractivity contribution in [1.82, 2.24) is 5.32 Å². The predicted octanol–water partition coefficient (Wildman–Crippen LogP) is 3.00. The average Bonchev–Trinajstić information content (AvgIpc) is 2.47. The minimum absolute atomic E-state index is 0.0933. The fourth-order valence-electron chi connectivity index (χ4n) is 1.85. The molecule has 0 radical (unpaired) electrons. The number of anilines is 1. The highest BCUT2D eigenvalue weighted by Crippen LogP contribution is 2.21. The molecular formula is C15H14ClFN2O2. The molecule has 0 saturated carbocycles. The normalized spacial score (nSPS) is 10.2. The summed E-state index contributed by atoms with van der Waals surface area (Å²) >= 11 is 5.65. The number of nitrogens with two attached hydrogens (primary N) is 1. The Balaban J connectivity index is 2.10. The smallest absolute Gasteiger partial charge is 0.251 e. The largest absolute Gasteiger partial charge is 0.496 e. The van der Waals surface area contributed by atoms with Gasteiger partial charge in [0.25, 0.3) is 5.91 Å². The van der Waals surface area contributed by atoms with Gasteiger partial charge < -0.3 is 15.8 Å². The molecule has 0 unspecified atom stereocenters. The third-order valence-corrected chi connectivity index (χ3v) is 3.22. The fourth-order valence-corrected chi connectivity index (χ4v) is 2.03. The van der Waals surface area contributed by atoms with Crippen LogP contribution < -0.4 is 15.8 Å². The zero-order chi connectivity index (χ0) is 15.4. The number of halogens is 2. The lowest BCUT2D eigenvalue weighted by Gasteiger charge is -2.11. The first-order valence-electron chi connectivity index (χ1n) is 6.17. The maximum absolute atomic E-state index is 13.1. The van der Waals surface area contributed by atoms with Gasteiger partial charge in [0, 0.05) is 23.4 Å². The molecule has 3 N–H and O–H groups in total. The second-order valence-electron chi connectivity index (χ2n) is 4.38. The van der Waals surface area contributed by atoms with Crippen LogP contribution in [0.25, 0.3) is 0 Å². The number of hydrogen-bond acceptors (Lipinski definition) is 3. The molecule has 110 valence electrons. The monoisotopic (exact) mass is 308 g/mol. The van der Waals surface area contributed by atoms with Crippen LogP contribution in [0.4, 0.5) is 10.1 Å². The van der Waals surface area contributed by atoms with E-state index in [1.807, 2.05) is 0 Å². The van der Waals surface area contributed by atoms with Crippen molar-refractivity contribution in [2.24, 2.45) is 0 Å². The summed E-state index contributed by atoms with van der Waals surface area (Å²) in [4.78, 5) is 12.0. The maximum atomic E-state index is 13.1. The summed E-state index contributed by atoms with van der Waals surface area (Å²) in [6.45, 7) is 0.238. The molecule has 0 aliphatic heterocycles. The predicted molar refractivity (Wildman–Crippen MR) is 80.0 cm³/mol. The number of methoxy groups -OCH3 is 1. The van der Waals surface area contributed by atoms with E-state index in [0.717, 1.165) is 11.6 Å². The van der Waals surface area contributed by atoms with Crippen LogP contribution in [-0.4, -0.2) is 13.0 Å². The molecule has 2 rings (SSSR count). The van der Waals surface area contributed by atoms with Crippen LogP contribution in [0.15, 0.2) is 36.4 Å². The summed E-state index contributed by atoms with van der Waals surface area (Å²) < 4.78 is 18.3. The minimum atomic E-state index is -0.564. The number of nitrogens with one attached hydrogen (secondary N) is 1. The Morgan fingerprint density at radius 1 is 1.33 bits per heavy atom. The molecule has 0 aliphatic carbocycles. The van der Waals surface area contributed by atoms with Gasteiger partial charge in [-0.05, 0) is 36.4 Å². The average molecular weight is 309 g/mol. The van der Waals surface area contributed by atoms with Crippen molar-refractivity contribution in [1.29, 1.82) is 0 Å². The molecule has 2 aromatic carbocycles. The first-order valence-corrected chi connectivity index (χ1v) is 6.54. The maximum Gasteiger partial charge on any atom is 0.251 e. The van der Waals surface area contributed by atoms with E-state index < -0.39 is 5.82 Å². The topological polar surface area (TPSA) is 64.3 Å². The van der Waals surface area contributed by atoms with Crippen LogP contribution in [0, 0.1) is 5.82 Å². The van der Waals surface area contributed by atoms with Gasteiger partial charge in [-0.3, -0.25) is 4.79 Å². The zero-order valence-corrected chi connectivity index (χ0v) is 12.1. The number of benzene rings is 2. The van der Waals surface area contributed by atoms with Crippen molar-refractivity contribution >= 4 is 23.2 Å². The quantitative estimate of drug-likeness (QED) is 0.853. The molecule has 0 fully saturated rings. The van der Waals surface area contributed by atoms with Gasteiger partial charge in [0.15, 0.2) is 0 Å². The van der Waals surface area contributed by atoms with Crippen molar-refractivity contribution in [3.8, 4) is 5.75 Å². The Morgan fingerprint density at radius 2 is 2.10 bits per heavy atom. The number of amides is 1. The number of carbonyl (C=O) groups is 1. The molecule has 0 aromatic heterocycles. The van der Waals surface area contributed by atoms with Gasteiger partial charge in [-0.2, -0.15) is 0 Å². The molecule has 0 bridgehead atoms. The summed E-state index contributed by atoms with van der Waals surface area (Å²) in [5.74, 6) is -0.297. The second-order valence-corrected chi connectivity index (χ2v) is 4.79. The Kier molecular flexibility index (Phi) is 4.65. The van der Waals surface area contributed by atoms with Crippen LogP contribution >= 0.6 is 11.6 Å². The first-order chi connectivity index (χ1) is 10.0. The van der Waals surface area contributed by atoms with Crippen molar-refractivity contribution in [3.05, 3.63) is 58.4 Å². The Morgan fingerprint density at radius 3 is 2.76 bits per heavy atom. The third kappa shape index (κ3) is 3.64. The van der Waals surface area contributed by atoms with Gasteiger partial charge >= 0.3 is 0 Å². The van der Waals surface area contributed by atoms with Crippen LogP contribution in [0.2, 0.25) is 5.02 Å². The van der Waals surface area contributed by atoms with Crippen LogP contribution in [-0.2, 0) is 6.54 Å².